The van der Waals surface area contributed by atoms with Crippen molar-refractivity contribution in [2.24, 2.45) is 0 Å². The first-order chi connectivity index (χ1) is 14.7. The summed E-state index contributed by atoms with van der Waals surface area (Å²) in [6.45, 7) is 2.40. The van der Waals surface area contributed by atoms with E-state index in [1.165, 1.54) is 18.5 Å². The fourth-order valence-electron chi connectivity index (χ4n) is 3.31. The molecule has 5 aromatic rings. The molecule has 0 amide bonds. The highest BCUT2D eigenvalue weighted by Crippen LogP contribution is 2.26. The first kappa shape index (κ1) is 18.0. The molecule has 0 aliphatic heterocycles. The number of nitrogens with zero attached hydrogens (tertiary/aromatic N) is 6. The molecule has 0 spiro atoms. The van der Waals surface area contributed by atoms with Crippen LogP contribution < -0.4 is 5.32 Å². The van der Waals surface area contributed by atoms with Gasteiger partial charge in [0.1, 0.15) is 18.0 Å². The zero-order valence-electron chi connectivity index (χ0n) is 16.2. The van der Waals surface area contributed by atoms with Gasteiger partial charge in [-0.1, -0.05) is 18.2 Å². The van der Waals surface area contributed by atoms with Crippen LogP contribution in [0, 0.1) is 12.7 Å². The lowest BCUT2D eigenvalue weighted by molar-refractivity contribution is 0.626. The summed E-state index contributed by atoms with van der Waals surface area (Å²) in [4.78, 5) is 8.88. The van der Waals surface area contributed by atoms with E-state index in [-0.39, 0.29) is 5.82 Å². The molecular weight excluding hydrogens is 381 g/mol. The Morgan fingerprint density at radius 3 is 2.80 bits per heavy atom. The van der Waals surface area contributed by atoms with Crippen molar-refractivity contribution in [3.8, 4) is 17.1 Å². The number of rotatable bonds is 5. The van der Waals surface area contributed by atoms with Crippen LogP contribution in [0.25, 0.3) is 22.7 Å². The molecule has 0 atom stereocenters. The monoisotopic (exact) mass is 399 g/mol. The van der Waals surface area contributed by atoms with Crippen LogP contribution in [-0.2, 0) is 6.54 Å². The van der Waals surface area contributed by atoms with Crippen LogP contribution >= 0.6 is 0 Å². The first-order valence-electron chi connectivity index (χ1n) is 9.48. The quantitative estimate of drug-likeness (QED) is 0.483. The van der Waals surface area contributed by atoms with Crippen molar-refractivity contribution in [2.45, 2.75) is 13.5 Å². The van der Waals surface area contributed by atoms with E-state index in [0.717, 1.165) is 28.2 Å². The van der Waals surface area contributed by atoms with Crippen molar-refractivity contribution in [3.63, 3.8) is 0 Å². The van der Waals surface area contributed by atoms with Crippen molar-refractivity contribution in [1.82, 2.24) is 29.4 Å². The Morgan fingerprint density at radius 2 is 1.93 bits per heavy atom. The molecule has 0 saturated carbocycles. The van der Waals surface area contributed by atoms with Crippen LogP contribution in [0.15, 0.2) is 73.2 Å². The Balaban J connectivity index is 1.55. The van der Waals surface area contributed by atoms with Crippen LogP contribution in [0.4, 0.5) is 10.2 Å². The molecule has 30 heavy (non-hydrogen) atoms. The standard InChI is InChI=1S/C22H18FN7/c1-15-4-2-7-21(27-15)30-19(17-8-9-29-22(11-17)25-14-26-29)12-20(28-30)24-13-16-5-3-6-18(23)10-16/h2-12,14H,13H2,1H3,(H,24,28). The van der Waals surface area contributed by atoms with Gasteiger partial charge in [-0.15, -0.1) is 5.10 Å². The van der Waals surface area contributed by atoms with Gasteiger partial charge in [0.2, 0.25) is 0 Å². The lowest BCUT2D eigenvalue weighted by atomic mass is 10.2. The van der Waals surface area contributed by atoms with Gasteiger partial charge in [0.05, 0.1) is 5.69 Å². The summed E-state index contributed by atoms with van der Waals surface area (Å²) >= 11 is 0. The van der Waals surface area contributed by atoms with Gasteiger partial charge in [0.25, 0.3) is 0 Å². The second-order valence-corrected chi connectivity index (χ2v) is 6.93. The maximum atomic E-state index is 13.5. The number of aryl methyl sites for hydroxylation is 1. The van der Waals surface area contributed by atoms with E-state index in [1.807, 2.05) is 55.6 Å². The van der Waals surface area contributed by atoms with Gasteiger partial charge in [-0.3, -0.25) is 0 Å². The molecule has 1 N–H and O–H groups in total. The minimum atomic E-state index is -0.258. The van der Waals surface area contributed by atoms with Gasteiger partial charge in [0.15, 0.2) is 11.5 Å². The Bertz CT molecular complexity index is 1340. The van der Waals surface area contributed by atoms with Crippen LogP contribution in [0.3, 0.4) is 0 Å². The smallest absolute Gasteiger partial charge is 0.155 e. The predicted octanol–water partition coefficient (Wildman–Crippen LogP) is 4.04. The zero-order chi connectivity index (χ0) is 20.5. The SMILES string of the molecule is Cc1cccc(-n2nc(NCc3cccc(F)c3)cc2-c2ccn3ncnc3c2)n1. The third kappa shape index (κ3) is 3.50. The summed E-state index contributed by atoms with van der Waals surface area (Å²) in [5.41, 5.74) is 4.28. The minimum Gasteiger partial charge on any atom is -0.364 e. The maximum Gasteiger partial charge on any atom is 0.155 e. The molecule has 1 aromatic carbocycles. The number of anilines is 1. The summed E-state index contributed by atoms with van der Waals surface area (Å²) in [5.74, 6) is 1.12. The predicted molar refractivity (Wildman–Crippen MR) is 112 cm³/mol. The van der Waals surface area contributed by atoms with E-state index in [4.69, 9.17) is 5.10 Å². The Morgan fingerprint density at radius 1 is 1.03 bits per heavy atom. The number of nitrogens with one attached hydrogen (secondary N) is 1. The highest BCUT2D eigenvalue weighted by atomic mass is 19.1. The van der Waals surface area contributed by atoms with E-state index >= 15 is 0 Å². The van der Waals surface area contributed by atoms with Crippen molar-refractivity contribution in [2.75, 3.05) is 5.32 Å². The fourth-order valence-corrected chi connectivity index (χ4v) is 3.31. The summed E-state index contributed by atoms with van der Waals surface area (Å²) in [7, 11) is 0. The number of fused-ring (bicyclic) bond motifs is 1. The molecule has 0 unspecified atom stereocenters. The molecule has 0 radical (unpaired) electrons. The Hall–Kier alpha value is -4.07. The van der Waals surface area contributed by atoms with Crippen molar-refractivity contribution in [1.29, 1.82) is 0 Å². The van der Waals surface area contributed by atoms with Gasteiger partial charge in [-0.25, -0.2) is 23.6 Å². The lowest BCUT2D eigenvalue weighted by Crippen LogP contribution is -2.04. The molecule has 148 valence electrons. The number of hydrogen-bond acceptors (Lipinski definition) is 5. The third-order valence-electron chi connectivity index (χ3n) is 4.74. The molecule has 7 nitrogen and oxygen atoms in total. The average molecular weight is 399 g/mol. The third-order valence-corrected chi connectivity index (χ3v) is 4.74. The second kappa shape index (κ2) is 7.40. The van der Waals surface area contributed by atoms with E-state index in [0.29, 0.717) is 18.2 Å². The van der Waals surface area contributed by atoms with E-state index in [2.05, 4.69) is 20.4 Å². The molecule has 5 rings (SSSR count). The summed E-state index contributed by atoms with van der Waals surface area (Å²) in [6, 6.07) is 18.2. The minimum absolute atomic E-state index is 0.258. The van der Waals surface area contributed by atoms with Crippen molar-refractivity contribution in [3.05, 3.63) is 90.3 Å². The van der Waals surface area contributed by atoms with Gasteiger partial charge in [-0.05, 0) is 48.9 Å². The molecule has 0 aliphatic carbocycles. The summed E-state index contributed by atoms with van der Waals surface area (Å²) in [5, 5.41) is 12.1. The highest BCUT2D eigenvalue weighted by molar-refractivity contribution is 5.68. The molecule has 0 fully saturated rings. The molecule has 0 aliphatic rings. The van der Waals surface area contributed by atoms with E-state index in [1.54, 1.807) is 15.3 Å². The topological polar surface area (TPSA) is 72.9 Å². The number of benzene rings is 1. The van der Waals surface area contributed by atoms with E-state index in [9.17, 15) is 4.39 Å². The maximum absolute atomic E-state index is 13.5. The molecule has 4 heterocycles. The van der Waals surface area contributed by atoms with Crippen LogP contribution in [0.2, 0.25) is 0 Å². The molecule has 4 aromatic heterocycles. The highest BCUT2D eigenvalue weighted by Gasteiger charge is 2.14. The van der Waals surface area contributed by atoms with Crippen LogP contribution in [0.5, 0.6) is 0 Å². The number of hydrogen-bond donors (Lipinski definition) is 1. The molecule has 8 heteroatoms. The van der Waals surface area contributed by atoms with Gasteiger partial charge in [-0.2, -0.15) is 5.10 Å². The normalized spacial score (nSPS) is 11.1. The van der Waals surface area contributed by atoms with Crippen LogP contribution in [0.1, 0.15) is 11.3 Å². The summed E-state index contributed by atoms with van der Waals surface area (Å²) in [6.07, 6.45) is 3.38. The number of pyridine rings is 2. The fraction of sp³-hybridized carbons (Fsp3) is 0.0909. The average Bonchev–Trinajstić information content (AvgIpc) is 3.39. The second-order valence-electron chi connectivity index (χ2n) is 6.93. The molecular formula is C22H18FN7. The zero-order valence-corrected chi connectivity index (χ0v) is 16.2. The van der Waals surface area contributed by atoms with Crippen molar-refractivity contribution < 1.29 is 4.39 Å². The van der Waals surface area contributed by atoms with E-state index < -0.39 is 0 Å². The molecule has 0 bridgehead atoms. The van der Waals surface area contributed by atoms with Gasteiger partial charge >= 0.3 is 0 Å². The van der Waals surface area contributed by atoms with Crippen molar-refractivity contribution >= 4 is 11.5 Å². The van der Waals surface area contributed by atoms with Gasteiger partial charge in [0, 0.05) is 30.1 Å². The Kier molecular flexibility index (Phi) is 4.44. The van der Waals surface area contributed by atoms with Gasteiger partial charge < -0.3 is 5.32 Å². The lowest BCUT2D eigenvalue weighted by Gasteiger charge is -2.07. The first-order valence-corrected chi connectivity index (χ1v) is 9.48. The molecule has 0 saturated heterocycles. The Labute approximate surface area is 171 Å². The largest absolute Gasteiger partial charge is 0.364 e. The van der Waals surface area contributed by atoms with Crippen LogP contribution in [-0.4, -0.2) is 29.4 Å². The number of halogens is 1. The summed E-state index contributed by atoms with van der Waals surface area (Å²) < 4.78 is 17.0. The number of aromatic nitrogens is 6.